The van der Waals surface area contributed by atoms with E-state index in [-0.39, 0.29) is 24.4 Å². The van der Waals surface area contributed by atoms with Crippen LogP contribution in [0, 0.1) is 5.82 Å². The Morgan fingerprint density at radius 3 is 2.75 bits per heavy atom. The van der Waals surface area contributed by atoms with Crippen LogP contribution in [0.2, 0.25) is 0 Å². The first-order valence-electron chi connectivity index (χ1n) is 9.77. The average Bonchev–Trinajstić information content (AvgIpc) is 2.71. The van der Waals surface area contributed by atoms with Crippen LogP contribution in [-0.4, -0.2) is 69.0 Å². The molecule has 0 radical (unpaired) electrons. The first kappa shape index (κ1) is 22.5. The lowest BCUT2D eigenvalue weighted by Crippen LogP contribution is -2.43. The fraction of sp³-hybridized carbons (Fsp3) is 0.600. The zero-order valence-corrected chi connectivity index (χ0v) is 17.6. The van der Waals surface area contributed by atoms with Crippen molar-refractivity contribution >= 4 is 23.6 Å². The van der Waals surface area contributed by atoms with Crippen LogP contribution in [0.15, 0.2) is 34.2 Å². The third-order valence-electron chi connectivity index (χ3n) is 4.34. The summed E-state index contributed by atoms with van der Waals surface area (Å²) in [7, 11) is 3.45. The highest BCUT2D eigenvalue weighted by molar-refractivity contribution is 7.99. The van der Waals surface area contributed by atoms with E-state index in [0.717, 1.165) is 43.1 Å². The lowest BCUT2D eigenvalue weighted by atomic mass is 10.1. The van der Waals surface area contributed by atoms with Crippen molar-refractivity contribution in [3.63, 3.8) is 0 Å². The molecule has 1 aromatic rings. The summed E-state index contributed by atoms with van der Waals surface area (Å²) in [6.45, 7) is 2.35. The lowest BCUT2D eigenvalue weighted by Gasteiger charge is -2.24. The van der Waals surface area contributed by atoms with E-state index in [1.54, 1.807) is 38.0 Å². The minimum Gasteiger partial charge on any atom is -0.376 e. The summed E-state index contributed by atoms with van der Waals surface area (Å²) in [6.07, 6.45) is 4.47. The molecule has 156 valence electrons. The van der Waals surface area contributed by atoms with Crippen LogP contribution in [-0.2, 0) is 9.53 Å². The highest BCUT2D eigenvalue weighted by Crippen LogP contribution is 2.18. The van der Waals surface area contributed by atoms with Crippen LogP contribution in [0.5, 0.6) is 0 Å². The molecular weight excluding hydrogens is 379 g/mol. The van der Waals surface area contributed by atoms with E-state index in [0.29, 0.717) is 12.5 Å². The summed E-state index contributed by atoms with van der Waals surface area (Å²) in [5, 5.41) is 6.58. The van der Waals surface area contributed by atoms with Crippen LogP contribution in [0.3, 0.4) is 0 Å². The van der Waals surface area contributed by atoms with Gasteiger partial charge < -0.3 is 20.3 Å². The molecule has 0 spiro atoms. The van der Waals surface area contributed by atoms with Gasteiger partial charge in [0.1, 0.15) is 12.4 Å². The van der Waals surface area contributed by atoms with E-state index in [1.807, 2.05) is 0 Å². The number of guanidine groups is 1. The van der Waals surface area contributed by atoms with Crippen molar-refractivity contribution < 1.29 is 13.9 Å². The summed E-state index contributed by atoms with van der Waals surface area (Å²) >= 11 is 1.69. The van der Waals surface area contributed by atoms with Crippen molar-refractivity contribution in [2.24, 2.45) is 4.99 Å². The van der Waals surface area contributed by atoms with Crippen molar-refractivity contribution in [3.05, 3.63) is 30.1 Å². The number of likely N-dealkylation sites (N-methyl/N-ethyl adjacent to an activating group) is 1. The number of amides is 1. The van der Waals surface area contributed by atoms with Crippen LogP contribution in [0.25, 0.3) is 0 Å². The predicted octanol–water partition coefficient (Wildman–Crippen LogP) is 2.50. The third-order valence-corrected chi connectivity index (χ3v) is 5.44. The predicted molar refractivity (Wildman–Crippen MR) is 112 cm³/mol. The standard InChI is InChI=1S/C20H31FN4O2S/c1-25(2)19(26)15-24-20(23-14-17-6-3-4-12-27-17)22-11-5-13-28-18-9-7-16(21)8-10-18/h7-10,17H,3-6,11-15H2,1-2H3,(H2,22,23,24). The first-order valence-corrected chi connectivity index (χ1v) is 10.8. The Labute approximate surface area is 171 Å². The normalized spacial score (nSPS) is 17.2. The number of hydrogen-bond acceptors (Lipinski definition) is 4. The molecule has 1 amide bonds. The fourth-order valence-electron chi connectivity index (χ4n) is 2.64. The van der Waals surface area contributed by atoms with Gasteiger partial charge in [0, 0.05) is 38.7 Å². The van der Waals surface area contributed by atoms with Gasteiger partial charge >= 0.3 is 0 Å². The number of nitrogens with one attached hydrogen (secondary N) is 2. The monoisotopic (exact) mass is 410 g/mol. The van der Waals surface area contributed by atoms with Crippen molar-refractivity contribution in [1.29, 1.82) is 0 Å². The van der Waals surface area contributed by atoms with Gasteiger partial charge in [-0.2, -0.15) is 0 Å². The first-order chi connectivity index (χ1) is 13.5. The minimum absolute atomic E-state index is 0.0399. The molecule has 1 aliphatic heterocycles. The van der Waals surface area contributed by atoms with Crippen molar-refractivity contribution in [2.45, 2.75) is 36.7 Å². The minimum atomic E-state index is -0.216. The van der Waals surface area contributed by atoms with Crippen LogP contribution in [0.4, 0.5) is 4.39 Å². The number of nitrogens with zero attached hydrogens (tertiary/aromatic N) is 2. The molecule has 1 heterocycles. The number of halogens is 1. The zero-order valence-electron chi connectivity index (χ0n) is 16.7. The summed E-state index contributed by atoms with van der Waals surface area (Å²) in [5.41, 5.74) is 0. The summed E-state index contributed by atoms with van der Waals surface area (Å²) in [5.74, 6) is 1.29. The van der Waals surface area contributed by atoms with Gasteiger partial charge in [0.15, 0.2) is 5.96 Å². The van der Waals surface area contributed by atoms with E-state index in [1.165, 1.54) is 23.5 Å². The number of aliphatic imine (C=N–C) groups is 1. The van der Waals surface area contributed by atoms with Crippen molar-refractivity contribution in [2.75, 3.05) is 46.1 Å². The number of benzene rings is 1. The summed E-state index contributed by atoms with van der Waals surface area (Å²) < 4.78 is 18.7. The maximum atomic E-state index is 12.9. The Morgan fingerprint density at radius 1 is 1.29 bits per heavy atom. The fourth-order valence-corrected chi connectivity index (χ4v) is 3.49. The molecule has 2 N–H and O–H groups in total. The SMILES string of the molecule is CN(C)C(=O)CN=C(NCCCSc1ccc(F)cc1)NCC1CCCCO1. The molecule has 0 aliphatic carbocycles. The average molecular weight is 411 g/mol. The Bertz CT molecular complexity index is 619. The van der Waals surface area contributed by atoms with Gasteiger partial charge in [0.05, 0.1) is 6.10 Å². The molecule has 1 aliphatic rings. The second kappa shape index (κ2) is 12.6. The molecule has 2 rings (SSSR count). The molecule has 0 aromatic heterocycles. The number of carbonyl (C=O) groups excluding carboxylic acids is 1. The molecule has 0 saturated carbocycles. The Hall–Kier alpha value is -1.80. The number of carbonyl (C=O) groups is 1. The Morgan fingerprint density at radius 2 is 2.07 bits per heavy atom. The molecule has 6 nitrogen and oxygen atoms in total. The maximum absolute atomic E-state index is 12.9. The molecule has 1 saturated heterocycles. The lowest BCUT2D eigenvalue weighted by molar-refractivity contribution is -0.127. The molecule has 1 aromatic carbocycles. The Balaban J connectivity index is 1.74. The van der Waals surface area contributed by atoms with Crippen LogP contribution < -0.4 is 10.6 Å². The largest absolute Gasteiger partial charge is 0.376 e. The molecule has 1 fully saturated rings. The van der Waals surface area contributed by atoms with Crippen molar-refractivity contribution in [1.82, 2.24) is 15.5 Å². The maximum Gasteiger partial charge on any atom is 0.243 e. The van der Waals surface area contributed by atoms with Gasteiger partial charge in [-0.3, -0.25) is 4.79 Å². The highest BCUT2D eigenvalue weighted by Gasteiger charge is 2.14. The zero-order chi connectivity index (χ0) is 20.2. The van der Waals surface area contributed by atoms with Crippen molar-refractivity contribution in [3.8, 4) is 0 Å². The third kappa shape index (κ3) is 8.93. The quantitative estimate of drug-likeness (QED) is 0.283. The van der Waals surface area contributed by atoms with E-state index < -0.39 is 0 Å². The van der Waals surface area contributed by atoms with E-state index >= 15 is 0 Å². The number of hydrogen-bond donors (Lipinski definition) is 2. The van der Waals surface area contributed by atoms with E-state index in [2.05, 4.69) is 15.6 Å². The van der Waals surface area contributed by atoms with Crippen LogP contribution >= 0.6 is 11.8 Å². The molecule has 8 heteroatoms. The number of rotatable bonds is 9. The van der Waals surface area contributed by atoms with E-state index in [4.69, 9.17) is 4.74 Å². The van der Waals surface area contributed by atoms with Gasteiger partial charge in [0.2, 0.25) is 5.91 Å². The van der Waals surface area contributed by atoms with Gasteiger partial charge in [-0.1, -0.05) is 0 Å². The summed E-state index contributed by atoms with van der Waals surface area (Å²) in [4.78, 5) is 18.8. The molecule has 1 atom stereocenters. The van der Waals surface area contributed by atoms with Gasteiger partial charge in [-0.15, -0.1) is 11.8 Å². The number of ether oxygens (including phenoxy) is 1. The molecule has 0 bridgehead atoms. The van der Waals surface area contributed by atoms with Crippen LogP contribution in [0.1, 0.15) is 25.7 Å². The van der Waals surface area contributed by atoms with Gasteiger partial charge in [-0.25, -0.2) is 9.38 Å². The molecule has 1 unspecified atom stereocenters. The van der Waals surface area contributed by atoms with Gasteiger partial charge in [-0.05, 0) is 55.7 Å². The highest BCUT2D eigenvalue weighted by atomic mass is 32.2. The van der Waals surface area contributed by atoms with Gasteiger partial charge in [0.25, 0.3) is 0 Å². The second-order valence-electron chi connectivity index (χ2n) is 6.91. The Kier molecular flexibility index (Phi) is 10.1. The smallest absolute Gasteiger partial charge is 0.243 e. The number of thioether (sulfide) groups is 1. The molecular formula is C20H31FN4O2S. The van der Waals surface area contributed by atoms with E-state index in [9.17, 15) is 9.18 Å². The summed E-state index contributed by atoms with van der Waals surface area (Å²) in [6, 6.07) is 6.53. The molecule has 28 heavy (non-hydrogen) atoms. The second-order valence-corrected chi connectivity index (χ2v) is 8.07. The topological polar surface area (TPSA) is 66.0 Å².